The molecule has 0 aromatic heterocycles. The fourth-order valence-electron chi connectivity index (χ4n) is 1.57. The van der Waals surface area contributed by atoms with Gasteiger partial charge in [0.15, 0.2) is 0 Å². The molecule has 5 nitrogen and oxygen atoms in total. The number of unbranched alkanes of at least 4 members (excludes halogenated alkanes) is 2. The number of terminal acetylenes is 1. The summed E-state index contributed by atoms with van der Waals surface area (Å²) in [6.07, 6.45) is 7.23. The minimum absolute atomic E-state index is 0.0846. The first kappa shape index (κ1) is 15.5. The average Bonchev–Trinajstić information content (AvgIpc) is 2.38. The smallest absolute Gasteiger partial charge is 0.340 e. The predicted molar refractivity (Wildman–Crippen MR) is 73.1 cm³/mol. The first-order valence-electron chi connectivity index (χ1n) is 6.06. The van der Waals surface area contributed by atoms with Gasteiger partial charge in [-0.25, -0.2) is 14.0 Å². The van der Waals surface area contributed by atoms with Gasteiger partial charge in [0.05, 0.1) is 5.69 Å². The van der Waals surface area contributed by atoms with Crippen LogP contribution in [-0.2, 0) is 0 Å². The van der Waals surface area contributed by atoms with Crippen molar-refractivity contribution in [2.75, 3.05) is 11.9 Å². The van der Waals surface area contributed by atoms with Crippen LogP contribution >= 0.6 is 0 Å². The number of carbonyl (C=O) groups is 2. The quantitative estimate of drug-likeness (QED) is 0.552. The summed E-state index contributed by atoms with van der Waals surface area (Å²) in [5.41, 5.74) is -0.645. The molecule has 106 valence electrons. The van der Waals surface area contributed by atoms with E-state index in [2.05, 4.69) is 16.6 Å². The van der Waals surface area contributed by atoms with Gasteiger partial charge >= 0.3 is 12.0 Å². The molecule has 1 rings (SSSR count). The van der Waals surface area contributed by atoms with Crippen LogP contribution in [-0.4, -0.2) is 23.7 Å². The molecule has 1 aromatic rings. The fourth-order valence-corrected chi connectivity index (χ4v) is 1.57. The lowest BCUT2D eigenvalue weighted by Crippen LogP contribution is -2.30. The maximum atomic E-state index is 13.4. The van der Waals surface area contributed by atoms with Gasteiger partial charge in [-0.1, -0.05) is 6.07 Å². The molecular weight excluding hydrogens is 263 g/mol. The zero-order chi connectivity index (χ0) is 15.0. The molecule has 0 unspecified atom stereocenters. The summed E-state index contributed by atoms with van der Waals surface area (Å²) in [7, 11) is 0. The van der Waals surface area contributed by atoms with E-state index < -0.39 is 23.4 Å². The number of nitrogens with one attached hydrogen (secondary N) is 2. The first-order chi connectivity index (χ1) is 9.56. The second kappa shape index (κ2) is 7.79. The van der Waals surface area contributed by atoms with Gasteiger partial charge in [0.1, 0.15) is 11.4 Å². The van der Waals surface area contributed by atoms with Crippen molar-refractivity contribution in [1.29, 1.82) is 0 Å². The molecule has 0 spiro atoms. The van der Waals surface area contributed by atoms with E-state index in [0.29, 0.717) is 19.4 Å². The number of carboxylic acids is 1. The molecular formula is C14H15FN2O3. The van der Waals surface area contributed by atoms with E-state index in [1.807, 2.05) is 0 Å². The lowest BCUT2D eigenvalue weighted by Gasteiger charge is -2.10. The van der Waals surface area contributed by atoms with E-state index in [4.69, 9.17) is 11.5 Å². The lowest BCUT2D eigenvalue weighted by atomic mass is 10.1. The van der Waals surface area contributed by atoms with Crippen LogP contribution in [0.5, 0.6) is 0 Å². The molecule has 0 bridgehead atoms. The summed E-state index contributed by atoms with van der Waals surface area (Å²) in [5, 5.41) is 13.8. The van der Waals surface area contributed by atoms with Crippen LogP contribution in [0, 0.1) is 18.2 Å². The molecule has 2 amide bonds. The molecule has 3 N–H and O–H groups in total. The molecule has 20 heavy (non-hydrogen) atoms. The maximum Gasteiger partial charge on any atom is 0.340 e. The molecule has 0 fully saturated rings. The topological polar surface area (TPSA) is 78.4 Å². The largest absolute Gasteiger partial charge is 0.478 e. The Kier molecular flexibility index (Phi) is 6.04. The average molecular weight is 278 g/mol. The van der Waals surface area contributed by atoms with Crippen molar-refractivity contribution in [2.24, 2.45) is 0 Å². The second-order valence-corrected chi connectivity index (χ2v) is 4.01. The molecule has 0 atom stereocenters. The van der Waals surface area contributed by atoms with E-state index in [9.17, 15) is 14.0 Å². The third kappa shape index (κ3) is 4.61. The SMILES string of the molecule is C#CCCCCNC(=O)Nc1cccc(F)c1C(=O)O. The van der Waals surface area contributed by atoms with Crippen molar-refractivity contribution in [3.63, 3.8) is 0 Å². The predicted octanol–water partition coefficient (Wildman–Crippen LogP) is 2.45. The number of benzene rings is 1. The highest BCUT2D eigenvalue weighted by atomic mass is 19.1. The van der Waals surface area contributed by atoms with Crippen LogP contribution in [0.1, 0.15) is 29.6 Å². The van der Waals surface area contributed by atoms with Crippen molar-refractivity contribution >= 4 is 17.7 Å². The Bertz CT molecular complexity index is 538. The van der Waals surface area contributed by atoms with Crippen LogP contribution in [0.2, 0.25) is 0 Å². The Balaban J connectivity index is 2.56. The first-order valence-corrected chi connectivity index (χ1v) is 6.06. The van der Waals surface area contributed by atoms with Crippen LogP contribution in [0.3, 0.4) is 0 Å². The van der Waals surface area contributed by atoms with Crippen LogP contribution < -0.4 is 10.6 Å². The molecule has 0 aliphatic rings. The van der Waals surface area contributed by atoms with Gasteiger partial charge in [-0.15, -0.1) is 12.3 Å². The minimum Gasteiger partial charge on any atom is -0.478 e. The van der Waals surface area contributed by atoms with E-state index in [1.165, 1.54) is 12.1 Å². The summed E-state index contributed by atoms with van der Waals surface area (Å²) >= 11 is 0. The van der Waals surface area contributed by atoms with Crippen molar-refractivity contribution in [3.8, 4) is 12.3 Å². The summed E-state index contributed by atoms with van der Waals surface area (Å²) < 4.78 is 13.4. The Morgan fingerprint density at radius 3 is 2.75 bits per heavy atom. The van der Waals surface area contributed by atoms with Gasteiger partial charge in [-0.05, 0) is 25.0 Å². The summed E-state index contributed by atoms with van der Waals surface area (Å²) in [6.45, 7) is 0.408. The number of hydrogen-bond acceptors (Lipinski definition) is 2. The van der Waals surface area contributed by atoms with Gasteiger partial charge in [0.25, 0.3) is 0 Å². The van der Waals surface area contributed by atoms with Gasteiger partial charge in [-0.2, -0.15) is 0 Å². The number of aromatic carboxylic acids is 1. The van der Waals surface area contributed by atoms with E-state index in [0.717, 1.165) is 12.5 Å². The number of rotatable bonds is 6. The molecule has 0 saturated carbocycles. The standard InChI is InChI=1S/C14H15FN2O3/c1-2-3-4-5-9-16-14(20)17-11-8-6-7-10(15)12(11)13(18)19/h1,6-8H,3-5,9H2,(H,18,19)(H2,16,17,20). The molecule has 0 heterocycles. The number of carbonyl (C=O) groups excluding carboxylic acids is 1. The van der Waals surface area contributed by atoms with E-state index in [1.54, 1.807) is 0 Å². The molecule has 0 aliphatic carbocycles. The normalized spacial score (nSPS) is 9.60. The van der Waals surface area contributed by atoms with Gasteiger partial charge < -0.3 is 15.7 Å². The Morgan fingerprint density at radius 2 is 2.10 bits per heavy atom. The van der Waals surface area contributed by atoms with Crippen LogP contribution in [0.15, 0.2) is 18.2 Å². The highest BCUT2D eigenvalue weighted by molar-refractivity contribution is 6.00. The molecule has 6 heteroatoms. The molecule has 0 radical (unpaired) electrons. The van der Waals surface area contributed by atoms with Crippen LogP contribution in [0.4, 0.5) is 14.9 Å². The number of hydrogen-bond donors (Lipinski definition) is 3. The Labute approximate surface area is 116 Å². The van der Waals surface area contributed by atoms with E-state index in [-0.39, 0.29) is 5.69 Å². The third-order valence-electron chi connectivity index (χ3n) is 2.51. The molecule has 0 saturated heterocycles. The van der Waals surface area contributed by atoms with Crippen molar-refractivity contribution in [1.82, 2.24) is 5.32 Å². The second-order valence-electron chi connectivity index (χ2n) is 4.01. The van der Waals surface area contributed by atoms with Gasteiger partial charge in [-0.3, -0.25) is 0 Å². The number of anilines is 1. The Morgan fingerprint density at radius 1 is 1.35 bits per heavy atom. The van der Waals surface area contributed by atoms with Crippen molar-refractivity contribution in [3.05, 3.63) is 29.6 Å². The van der Waals surface area contributed by atoms with Gasteiger partial charge in [0.2, 0.25) is 0 Å². The Hall–Kier alpha value is -2.55. The lowest BCUT2D eigenvalue weighted by molar-refractivity contribution is 0.0693. The monoisotopic (exact) mass is 278 g/mol. The summed E-state index contributed by atoms with van der Waals surface area (Å²) in [6, 6.07) is 3.08. The highest BCUT2D eigenvalue weighted by Gasteiger charge is 2.16. The maximum absolute atomic E-state index is 13.4. The zero-order valence-corrected chi connectivity index (χ0v) is 10.8. The molecule has 0 aliphatic heterocycles. The number of halogens is 1. The molecule has 1 aromatic carbocycles. The summed E-state index contributed by atoms with van der Waals surface area (Å²) in [4.78, 5) is 22.5. The van der Waals surface area contributed by atoms with Gasteiger partial charge in [0, 0.05) is 13.0 Å². The number of urea groups is 1. The zero-order valence-electron chi connectivity index (χ0n) is 10.8. The van der Waals surface area contributed by atoms with Crippen molar-refractivity contribution in [2.45, 2.75) is 19.3 Å². The third-order valence-corrected chi connectivity index (χ3v) is 2.51. The van der Waals surface area contributed by atoms with Crippen LogP contribution in [0.25, 0.3) is 0 Å². The number of carboxylic acid groups (broad SMARTS) is 1. The van der Waals surface area contributed by atoms with Crippen molar-refractivity contribution < 1.29 is 19.1 Å². The highest BCUT2D eigenvalue weighted by Crippen LogP contribution is 2.18. The summed E-state index contributed by atoms with van der Waals surface area (Å²) in [5.74, 6) is 0.150. The number of amides is 2. The van der Waals surface area contributed by atoms with E-state index >= 15 is 0 Å². The fraction of sp³-hybridized carbons (Fsp3) is 0.286. The minimum atomic E-state index is -1.44.